The number of carbonyl (C=O) groups excluding carboxylic acids is 8. The number of rotatable bonds is 16. The van der Waals surface area contributed by atoms with Crippen molar-refractivity contribution in [1.82, 2.24) is 39.2 Å². The van der Waals surface area contributed by atoms with Crippen molar-refractivity contribution in [3.8, 4) is 0 Å². The van der Waals surface area contributed by atoms with Gasteiger partial charge in [-0.1, -0.05) is 104 Å². The van der Waals surface area contributed by atoms with Crippen LogP contribution in [0.5, 0.6) is 0 Å². The van der Waals surface area contributed by atoms with Crippen LogP contribution in [0.4, 0.5) is 0 Å². The van der Waals surface area contributed by atoms with E-state index in [4.69, 9.17) is 18.9 Å². The molecule has 1 fully saturated rings. The second kappa shape index (κ2) is 29.2. The lowest BCUT2D eigenvalue weighted by atomic mass is 9.99. The largest absolute Gasteiger partial charge is 0.451 e. The fourth-order valence-corrected chi connectivity index (χ4v) is 9.78. The van der Waals surface area contributed by atoms with Gasteiger partial charge in [0.1, 0.15) is 24.2 Å². The summed E-state index contributed by atoms with van der Waals surface area (Å²) >= 11 is 0. The summed E-state index contributed by atoms with van der Waals surface area (Å²) in [5.41, 5.74) is 2.93. The molecule has 8 atom stereocenters. The van der Waals surface area contributed by atoms with Crippen LogP contribution in [0.3, 0.4) is 0 Å². The molecule has 2 aromatic heterocycles. The first-order valence-corrected chi connectivity index (χ1v) is 27.7. The van der Waals surface area contributed by atoms with Gasteiger partial charge in [0.2, 0.25) is 0 Å². The van der Waals surface area contributed by atoms with Gasteiger partial charge in [-0.2, -0.15) is 10.2 Å². The number of esters is 4. The Morgan fingerprint density at radius 3 is 0.988 bits per heavy atom. The van der Waals surface area contributed by atoms with Crippen LogP contribution in [-0.2, 0) is 83.2 Å². The Morgan fingerprint density at radius 2 is 0.700 bits per heavy atom. The molecule has 0 N–H and O–H groups in total. The van der Waals surface area contributed by atoms with E-state index in [1.54, 1.807) is 46.0 Å². The van der Waals surface area contributed by atoms with Gasteiger partial charge in [0.15, 0.2) is 24.4 Å². The molecule has 0 aliphatic carbocycles. The maximum atomic E-state index is 15.0. The summed E-state index contributed by atoms with van der Waals surface area (Å²) in [5, 5.41) is 8.61. The van der Waals surface area contributed by atoms with Gasteiger partial charge >= 0.3 is 23.9 Å². The van der Waals surface area contributed by atoms with E-state index in [0.29, 0.717) is 24.2 Å². The van der Waals surface area contributed by atoms with Crippen LogP contribution >= 0.6 is 0 Å². The predicted octanol–water partition coefficient (Wildman–Crippen LogP) is 6.15. The molecular weight excluding hydrogens is 1020 g/mol. The normalized spacial score (nSPS) is 23.2. The van der Waals surface area contributed by atoms with Crippen molar-refractivity contribution in [2.24, 2.45) is 23.7 Å². The quantitative estimate of drug-likeness (QED) is 0.0907. The zero-order valence-corrected chi connectivity index (χ0v) is 49.1. The maximum absolute atomic E-state index is 15.0. The molecule has 20 nitrogen and oxygen atoms in total. The molecule has 80 heavy (non-hydrogen) atoms. The highest BCUT2D eigenvalue weighted by atomic mass is 16.6. The summed E-state index contributed by atoms with van der Waals surface area (Å²) in [7, 11) is 5.57. The summed E-state index contributed by atoms with van der Waals surface area (Å²) in [5.74, 6) is -7.44. The maximum Gasteiger partial charge on any atom is 0.329 e. The van der Waals surface area contributed by atoms with Crippen LogP contribution in [0.15, 0.2) is 85.5 Å². The van der Waals surface area contributed by atoms with Crippen LogP contribution < -0.4 is 0 Å². The second-order valence-corrected chi connectivity index (χ2v) is 22.8. The SMILES string of the molecule is CC(C)C[C@H]1C(=O)O[C@H](Cc2cccc(Cn3cccn3)c2)C(=O)N(C)[C@@H](CC(C)C)C(=O)O[C@H](C)C(=O)N(C)[C@@H](CC(C)C)C(=O)O[C@H](Cc2cccc(Cn3cccn3)c2)C(=O)N(C)[C@@H](CC(C)C)C(=O)O[C@H](C)C(=O)N1C. The van der Waals surface area contributed by atoms with Gasteiger partial charge < -0.3 is 38.5 Å². The van der Waals surface area contributed by atoms with Gasteiger partial charge in [0, 0.05) is 65.8 Å². The summed E-state index contributed by atoms with van der Waals surface area (Å²) < 4.78 is 27.7. The minimum Gasteiger partial charge on any atom is -0.451 e. The van der Waals surface area contributed by atoms with Crippen LogP contribution in [0, 0.1) is 23.7 Å². The monoisotopic (exact) mass is 1110 g/mol. The van der Waals surface area contributed by atoms with Crippen molar-refractivity contribution in [1.29, 1.82) is 0 Å². The minimum atomic E-state index is -1.54. The average Bonchev–Trinajstić information content (AvgIpc) is 4.13. The van der Waals surface area contributed by atoms with E-state index >= 15 is 9.59 Å². The Balaban J connectivity index is 1.61. The lowest BCUT2D eigenvalue weighted by Crippen LogP contribution is -2.55. The minimum absolute atomic E-state index is 0.0814. The van der Waals surface area contributed by atoms with E-state index in [1.165, 1.54) is 42.0 Å². The molecule has 0 bridgehead atoms. The van der Waals surface area contributed by atoms with Crippen LogP contribution in [0.1, 0.15) is 117 Å². The fraction of sp³-hybridized carbons (Fsp3) is 0.567. The number of hydrogen-bond donors (Lipinski definition) is 0. The van der Waals surface area contributed by atoms with E-state index in [9.17, 15) is 28.8 Å². The highest BCUT2D eigenvalue weighted by molar-refractivity contribution is 5.94. The first kappa shape index (κ1) is 63.5. The van der Waals surface area contributed by atoms with Crippen molar-refractivity contribution in [3.05, 3.63) is 108 Å². The van der Waals surface area contributed by atoms with E-state index < -0.39 is 96.1 Å². The van der Waals surface area contributed by atoms with Crippen molar-refractivity contribution >= 4 is 47.5 Å². The van der Waals surface area contributed by atoms with Crippen molar-refractivity contribution in [2.75, 3.05) is 28.2 Å². The molecule has 20 heteroatoms. The lowest BCUT2D eigenvalue weighted by Gasteiger charge is -2.35. The molecule has 4 amide bonds. The van der Waals surface area contributed by atoms with Gasteiger partial charge in [-0.15, -0.1) is 0 Å². The Kier molecular flexibility index (Phi) is 23.2. The number of cyclic esters (lactones) is 4. The van der Waals surface area contributed by atoms with Crippen molar-refractivity contribution < 1.29 is 57.3 Å². The molecule has 0 radical (unpaired) electrons. The molecule has 0 spiro atoms. The number of hydrogen-bond acceptors (Lipinski definition) is 14. The number of nitrogens with zero attached hydrogens (tertiary/aromatic N) is 8. The highest BCUT2D eigenvalue weighted by Gasteiger charge is 2.43. The summed E-state index contributed by atoms with van der Waals surface area (Å²) in [6.45, 7) is 18.4. The van der Waals surface area contributed by atoms with Crippen molar-refractivity contribution in [3.63, 3.8) is 0 Å². The number of aromatic nitrogens is 4. The number of benzene rings is 2. The van der Waals surface area contributed by atoms with Gasteiger partial charge in [-0.05, 0) is 97.6 Å². The summed E-state index contributed by atoms with van der Waals surface area (Å²) in [6.07, 6.45) is 0.942. The van der Waals surface area contributed by atoms with Crippen molar-refractivity contribution in [2.45, 2.75) is 169 Å². The zero-order chi connectivity index (χ0) is 59.1. The van der Waals surface area contributed by atoms with Crippen LogP contribution in [0.2, 0.25) is 0 Å². The molecule has 0 saturated carbocycles. The first-order valence-electron chi connectivity index (χ1n) is 27.7. The highest BCUT2D eigenvalue weighted by Crippen LogP contribution is 2.25. The van der Waals surface area contributed by atoms with Gasteiger partial charge in [0.05, 0.1) is 13.1 Å². The smallest absolute Gasteiger partial charge is 0.329 e. The third kappa shape index (κ3) is 17.8. The molecule has 1 saturated heterocycles. The topological polar surface area (TPSA) is 222 Å². The Morgan fingerprint density at radius 1 is 0.412 bits per heavy atom. The number of likely N-dealkylation sites (N-methyl/N-ethyl adjacent to an activating group) is 4. The first-order chi connectivity index (χ1) is 37.7. The number of amides is 4. The molecule has 3 heterocycles. The average molecular weight is 1110 g/mol. The third-order valence-corrected chi connectivity index (χ3v) is 14.1. The molecule has 0 unspecified atom stereocenters. The van der Waals surface area contributed by atoms with Gasteiger partial charge in [-0.25, -0.2) is 19.2 Å². The summed E-state index contributed by atoms with van der Waals surface area (Å²) in [4.78, 5) is 122. The van der Waals surface area contributed by atoms with Crippen LogP contribution in [-0.4, -0.2) is 163 Å². The predicted molar refractivity (Wildman–Crippen MR) is 298 cm³/mol. The molecule has 1 aliphatic heterocycles. The Hall–Kier alpha value is -7.38. The molecule has 2 aromatic carbocycles. The van der Waals surface area contributed by atoms with E-state index in [0.717, 1.165) is 30.7 Å². The van der Waals surface area contributed by atoms with E-state index in [2.05, 4.69) is 10.2 Å². The fourth-order valence-electron chi connectivity index (χ4n) is 9.78. The molecule has 1 aliphatic rings. The number of ether oxygens (including phenoxy) is 4. The van der Waals surface area contributed by atoms with Gasteiger partial charge in [-0.3, -0.25) is 28.5 Å². The summed E-state index contributed by atoms with van der Waals surface area (Å²) in [6, 6.07) is 13.1. The molecule has 5 rings (SSSR count). The lowest BCUT2D eigenvalue weighted by molar-refractivity contribution is -0.176. The van der Waals surface area contributed by atoms with E-state index in [1.807, 2.05) is 104 Å². The van der Waals surface area contributed by atoms with Crippen LogP contribution in [0.25, 0.3) is 0 Å². The van der Waals surface area contributed by atoms with Gasteiger partial charge in [0.25, 0.3) is 23.6 Å². The Labute approximate surface area is 471 Å². The van der Waals surface area contributed by atoms with E-state index in [-0.39, 0.29) is 62.2 Å². The molecule has 4 aromatic rings. The Bertz CT molecular complexity index is 2520. The molecule has 436 valence electrons. The third-order valence-electron chi connectivity index (χ3n) is 14.1. The molecular formula is C60H84N8O12. The standard InChI is InChI=1S/C60H84N8O12/c1-37(2)27-47-57(73)77-41(9)53(69)63(11)50(30-40(7)8)60(76)80-52(34-44-20-16-22-46(32-44)36-68-26-18-24-62-68)56(72)66(14)48(28-38(3)4)58(74)78-42(10)54(70)64(12)49(29-39(5)6)59(75)79-51(55(71)65(47)13)33-43-19-15-21-45(31-43)35-67-25-17-23-61-67/h15-26,31-32,37-42,47-52H,27-30,33-36H2,1-14H3/t41-,42-,47+,48+,49+,50+,51-,52-/m1/s1. The number of carbonyl (C=O) groups is 8. The second-order valence-electron chi connectivity index (χ2n) is 22.8. The zero-order valence-electron chi connectivity index (χ0n) is 49.1.